The highest BCUT2D eigenvalue weighted by Gasteiger charge is 2.62. The second-order valence-corrected chi connectivity index (χ2v) is 6.99. The molecule has 2 bridgehead atoms. The average Bonchev–Trinajstić information content (AvgIpc) is 3.14. The normalized spacial score (nSPS) is 31.5. The van der Waals surface area contributed by atoms with Gasteiger partial charge in [-0.1, -0.05) is 0 Å². The molecule has 2 N–H and O–H groups in total. The molecule has 4 heterocycles. The van der Waals surface area contributed by atoms with Crippen LogP contribution in [0, 0.1) is 5.92 Å². The van der Waals surface area contributed by atoms with Crippen LogP contribution in [-0.2, 0) is 22.3 Å². The molecule has 1 aromatic rings. The fraction of sp³-hybridized carbons (Fsp3) is 0.667. The number of hydrogen-bond donors (Lipinski definition) is 1. The zero-order valence-corrected chi connectivity index (χ0v) is 12.8. The zero-order chi connectivity index (χ0) is 17.3. The lowest BCUT2D eigenvalue weighted by Crippen LogP contribution is -2.58. The molecule has 0 aromatic carbocycles. The first-order valence-corrected chi connectivity index (χ1v) is 7.98. The van der Waals surface area contributed by atoms with Crippen molar-refractivity contribution in [3.63, 3.8) is 0 Å². The van der Waals surface area contributed by atoms with E-state index in [0.717, 1.165) is 6.20 Å². The molecule has 130 valence electrons. The topological polar surface area (TPSA) is 81.2 Å². The van der Waals surface area contributed by atoms with E-state index < -0.39 is 29.2 Å². The number of carbonyl (C=O) groups is 2. The Balaban J connectivity index is 1.66. The number of alkyl halides is 3. The van der Waals surface area contributed by atoms with Gasteiger partial charge in [-0.3, -0.25) is 9.59 Å². The number of fused-ring (bicyclic) bond motifs is 2. The van der Waals surface area contributed by atoms with Crippen molar-refractivity contribution in [3.8, 4) is 0 Å². The summed E-state index contributed by atoms with van der Waals surface area (Å²) in [5.41, 5.74) is 3.56. The summed E-state index contributed by atoms with van der Waals surface area (Å²) in [4.78, 5) is 29.9. The Morgan fingerprint density at radius 3 is 2.67 bits per heavy atom. The lowest BCUT2D eigenvalue weighted by Gasteiger charge is -2.40. The third-order valence-corrected chi connectivity index (χ3v) is 5.53. The molecule has 1 aromatic heterocycles. The molecule has 1 unspecified atom stereocenters. The quantitative estimate of drug-likeness (QED) is 0.878. The van der Waals surface area contributed by atoms with Gasteiger partial charge in [0.15, 0.2) is 5.69 Å². The largest absolute Gasteiger partial charge is 0.434 e. The molecule has 5 rings (SSSR count). The Morgan fingerprint density at radius 2 is 2.04 bits per heavy atom. The number of imidazole rings is 1. The SMILES string of the molecule is NC(=O)C12CC(CN1C(=O)C1CCCn3cc(C(F)(F)F)nc31)C2. The van der Waals surface area contributed by atoms with Gasteiger partial charge in [0.05, 0.1) is 5.92 Å². The third-order valence-electron chi connectivity index (χ3n) is 5.53. The van der Waals surface area contributed by atoms with Crippen LogP contribution >= 0.6 is 0 Å². The fourth-order valence-corrected chi connectivity index (χ4v) is 4.35. The zero-order valence-electron chi connectivity index (χ0n) is 12.8. The molecule has 2 saturated heterocycles. The van der Waals surface area contributed by atoms with E-state index in [0.29, 0.717) is 38.8 Å². The van der Waals surface area contributed by atoms with Gasteiger partial charge in [0.25, 0.3) is 0 Å². The third kappa shape index (κ3) is 1.99. The number of halogens is 3. The summed E-state index contributed by atoms with van der Waals surface area (Å²) in [6.45, 7) is 0.858. The lowest BCUT2D eigenvalue weighted by molar-refractivity contribution is -0.145. The molecule has 3 fully saturated rings. The van der Waals surface area contributed by atoms with Crippen molar-refractivity contribution >= 4 is 11.8 Å². The van der Waals surface area contributed by atoms with Gasteiger partial charge in [-0.05, 0) is 31.6 Å². The van der Waals surface area contributed by atoms with Crippen LogP contribution in [0.5, 0.6) is 0 Å². The summed E-state index contributed by atoms with van der Waals surface area (Å²) < 4.78 is 40.1. The van der Waals surface area contributed by atoms with E-state index in [1.54, 1.807) is 0 Å². The van der Waals surface area contributed by atoms with Crippen LogP contribution in [0.4, 0.5) is 13.2 Å². The minimum absolute atomic E-state index is 0.141. The van der Waals surface area contributed by atoms with Crippen molar-refractivity contribution in [1.82, 2.24) is 14.5 Å². The van der Waals surface area contributed by atoms with Crippen LogP contribution in [0.3, 0.4) is 0 Å². The first-order valence-electron chi connectivity index (χ1n) is 7.98. The molecular formula is C15H17F3N4O2. The molecule has 9 heteroatoms. The van der Waals surface area contributed by atoms with Gasteiger partial charge in [0, 0.05) is 19.3 Å². The van der Waals surface area contributed by atoms with Gasteiger partial charge < -0.3 is 15.2 Å². The fourth-order valence-electron chi connectivity index (χ4n) is 4.35. The van der Waals surface area contributed by atoms with E-state index in [-0.39, 0.29) is 17.6 Å². The number of nitrogens with zero attached hydrogens (tertiary/aromatic N) is 3. The maximum Gasteiger partial charge on any atom is 0.434 e. The Hall–Kier alpha value is -2.06. The van der Waals surface area contributed by atoms with E-state index in [1.165, 1.54) is 9.47 Å². The minimum atomic E-state index is -4.54. The first kappa shape index (κ1) is 15.5. The summed E-state index contributed by atoms with van der Waals surface area (Å²) >= 11 is 0. The van der Waals surface area contributed by atoms with E-state index in [4.69, 9.17) is 5.73 Å². The number of primary amides is 1. The number of nitrogens with two attached hydrogens (primary N) is 1. The molecule has 3 aliphatic heterocycles. The predicted molar refractivity (Wildman–Crippen MR) is 75.6 cm³/mol. The number of aryl methyl sites for hydroxylation is 1. The Kier molecular flexibility index (Phi) is 3.05. The van der Waals surface area contributed by atoms with Crippen molar-refractivity contribution in [2.75, 3.05) is 6.54 Å². The van der Waals surface area contributed by atoms with Crippen molar-refractivity contribution in [2.24, 2.45) is 11.7 Å². The number of hydrogen-bond acceptors (Lipinski definition) is 3. The molecule has 0 spiro atoms. The lowest BCUT2D eigenvalue weighted by atomic mass is 9.72. The highest BCUT2D eigenvalue weighted by molar-refractivity contribution is 5.94. The summed E-state index contributed by atoms with van der Waals surface area (Å²) in [7, 11) is 0. The summed E-state index contributed by atoms with van der Waals surface area (Å²) in [5, 5.41) is 0. The van der Waals surface area contributed by atoms with E-state index >= 15 is 0 Å². The van der Waals surface area contributed by atoms with E-state index in [9.17, 15) is 22.8 Å². The average molecular weight is 342 g/mol. The summed E-state index contributed by atoms with van der Waals surface area (Å²) in [6.07, 6.45) is -1.43. The van der Waals surface area contributed by atoms with Crippen molar-refractivity contribution in [1.29, 1.82) is 0 Å². The monoisotopic (exact) mass is 342 g/mol. The standard InChI is InChI=1S/C15H17F3N4O2/c16-15(17,18)10-7-21-3-1-2-9(11(21)20-10)12(23)22-6-8-4-14(22,5-8)13(19)24/h7-9H,1-6H2,(H2,19,24). The van der Waals surface area contributed by atoms with Crippen LogP contribution in [0.2, 0.25) is 0 Å². The number of rotatable bonds is 2. The van der Waals surface area contributed by atoms with Gasteiger partial charge in [0.2, 0.25) is 11.8 Å². The minimum Gasteiger partial charge on any atom is -0.368 e. The molecule has 2 amide bonds. The van der Waals surface area contributed by atoms with E-state index in [2.05, 4.69) is 4.98 Å². The smallest absolute Gasteiger partial charge is 0.368 e. The van der Waals surface area contributed by atoms with Crippen LogP contribution in [-0.4, -0.2) is 38.3 Å². The molecular weight excluding hydrogens is 325 g/mol. The van der Waals surface area contributed by atoms with Gasteiger partial charge >= 0.3 is 6.18 Å². The van der Waals surface area contributed by atoms with Crippen LogP contribution in [0.25, 0.3) is 0 Å². The van der Waals surface area contributed by atoms with Crippen molar-refractivity contribution in [3.05, 3.63) is 17.7 Å². The van der Waals surface area contributed by atoms with Crippen LogP contribution in [0.15, 0.2) is 6.20 Å². The Morgan fingerprint density at radius 1 is 1.33 bits per heavy atom. The predicted octanol–water partition coefficient (Wildman–Crippen LogP) is 1.26. The molecule has 24 heavy (non-hydrogen) atoms. The van der Waals surface area contributed by atoms with Crippen molar-refractivity contribution < 1.29 is 22.8 Å². The van der Waals surface area contributed by atoms with Gasteiger partial charge in [-0.15, -0.1) is 0 Å². The highest BCUT2D eigenvalue weighted by Crippen LogP contribution is 2.51. The molecule has 1 saturated carbocycles. The number of amides is 2. The van der Waals surface area contributed by atoms with Gasteiger partial charge in [-0.25, -0.2) is 4.98 Å². The summed E-state index contributed by atoms with van der Waals surface area (Å²) in [5.74, 6) is -1.20. The second-order valence-electron chi connectivity index (χ2n) is 6.99. The van der Waals surface area contributed by atoms with E-state index in [1.807, 2.05) is 0 Å². The molecule has 1 atom stereocenters. The second kappa shape index (κ2) is 4.73. The number of aromatic nitrogens is 2. The molecule has 1 aliphatic carbocycles. The Labute approximate surface area is 135 Å². The first-order chi connectivity index (χ1) is 11.2. The molecule has 4 aliphatic rings. The number of carbonyl (C=O) groups excluding carboxylic acids is 2. The van der Waals surface area contributed by atoms with Crippen molar-refractivity contribution in [2.45, 2.75) is 49.9 Å². The highest BCUT2D eigenvalue weighted by atomic mass is 19.4. The van der Waals surface area contributed by atoms with Crippen LogP contribution in [0.1, 0.15) is 43.1 Å². The maximum atomic E-state index is 13.0. The van der Waals surface area contributed by atoms with Gasteiger partial charge in [0.1, 0.15) is 11.4 Å². The molecule has 6 nitrogen and oxygen atoms in total. The van der Waals surface area contributed by atoms with Gasteiger partial charge in [-0.2, -0.15) is 13.2 Å². The Bertz CT molecular complexity index is 721. The molecule has 0 radical (unpaired) electrons. The van der Waals surface area contributed by atoms with Crippen LogP contribution < -0.4 is 5.73 Å². The maximum absolute atomic E-state index is 13.0. The summed E-state index contributed by atoms with van der Waals surface area (Å²) in [6, 6.07) is 0.